The molecular formula is C17H13ClO2S. The van der Waals surface area contributed by atoms with Crippen molar-refractivity contribution in [2.45, 2.75) is 18.7 Å². The molecule has 0 amide bonds. The van der Waals surface area contributed by atoms with E-state index in [2.05, 4.69) is 0 Å². The molecule has 0 aliphatic rings. The van der Waals surface area contributed by atoms with Crippen LogP contribution in [0.25, 0.3) is 20.2 Å². The Balaban J connectivity index is 2.32. The van der Waals surface area contributed by atoms with Crippen LogP contribution in [-0.2, 0) is 0 Å². The van der Waals surface area contributed by atoms with Crippen LogP contribution < -0.4 is 5.43 Å². The van der Waals surface area contributed by atoms with Gasteiger partial charge in [0, 0.05) is 25.7 Å². The van der Waals surface area contributed by atoms with E-state index < -0.39 is 4.87 Å². The lowest BCUT2D eigenvalue weighted by molar-refractivity contribution is 0.0954. The fraction of sp³-hybridized carbons (Fsp3) is 0.176. The molecule has 0 saturated heterocycles. The summed E-state index contributed by atoms with van der Waals surface area (Å²) in [4.78, 5) is 23.9. The second-order valence-electron chi connectivity index (χ2n) is 5.44. The highest BCUT2D eigenvalue weighted by atomic mass is 35.5. The molecule has 0 aliphatic carbocycles. The molecule has 0 N–H and O–H groups in total. The number of alkyl halides is 1. The Labute approximate surface area is 131 Å². The van der Waals surface area contributed by atoms with Crippen molar-refractivity contribution < 1.29 is 4.79 Å². The summed E-state index contributed by atoms with van der Waals surface area (Å²) in [6.07, 6.45) is 0. The highest BCUT2D eigenvalue weighted by Crippen LogP contribution is 2.27. The van der Waals surface area contributed by atoms with Crippen molar-refractivity contribution in [3.05, 3.63) is 58.3 Å². The van der Waals surface area contributed by atoms with Crippen LogP contribution >= 0.6 is 22.9 Å². The standard InChI is InChI=1S/C17H13ClO2S/c1-17(2,18)16(20)10-7-8-14-12(9-10)15(19)11-5-3-4-6-13(11)21-14/h3-9H,1-2H3. The molecule has 21 heavy (non-hydrogen) atoms. The van der Waals surface area contributed by atoms with E-state index in [1.807, 2.05) is 30.3 Å². The minimum Gasteiger partial charge on any atom is -0.292 e. The van der Waals surface area contributed by atoms with Gasteiger partial charge in [-0.25, -0.2) is 0 Å². The van der Waals surface area contributed by atoms with Crippen LogP contribution in [0, 0.1) is 0 Å². The van der Waals surface area contributed by atoms with Crippen LogP contribution in [0.15, 0.2) is 47.3 Å². The summed E-state index contributed by atoms with van der Waals surface area (Å²) in [7, 11) is 0. The Kier molecular flexibility index (Phi) is 3.34. The highest BCUT2D eigenvalue weighted by molar-refractivity contribution is 7.24. The number of rotatable bonds is 2. The maximum Gasteiger partial charge on any atom is 0.195 e. The Morgan fingerprint density at radius 1 is 1.05 bits per heavy atom. The van der Waals surface area contributed by atoms with E-state index in [4.69, 9.17) is 11.6 Å². The predicted octanol–water partition coefficient (Wildman–Crippen LogP) is 4.61. The monoisotopic (exact) mass is 316 g/mol. The molecule has 1 heterocycles. The van der Waals surface area contributed by atoms with Crippen molar-refractivity contribution in [1.29, 1.82) is 0 Å². The summed E-state index contributed by atoms with van der Waals surface area (Å²) in [5.41, 5.74) is 0.434. The number of fused-ring (bicyclic) bond motifs is 2. The number of ketones is 1. The number of benzene rings is 2. The molecule has 3 rings (SSSR count). The third-order valence-electron chi connectivity index (χ3n) is 3.38. The molecule has 0 radical (unpaired) electrons. The Morgan fingerprint density at radius 3 is 2.43 bits per heavy atom. The molecule has 0 bridgehead atoms. The molecule has 0 atom stereocenters. The zero-order chi connectivity index (χ0) is 15.2. The molecule has 0 fully saturated rings. The van der Waals surface area contributed by atoms with E-state index in [1.165, 1.54) is 0 Å². The average Bonchev–Trinajstić information content (AvgIpc) is 2.45. The van der Waals surface area contributed by atoms with Crippen molar-refractivity contribution in [2.24, 2.45) is 0 Å². The zero-order valence-corrected chi connectivity index (χ0v) is 13.2. The first kappa shape index (κ1) is 14.2. The van der Waals surface area contributed by atoms with Gasteiger partial charge in [-0.3, -0.25) is 9.59 Å². The molecule has 3 aromatic rings. The van der Waals surface area contributed by atoms with E-state index >= 15 is 0 Å². The normalized spacial score (nSPS) is 12.0. The lowest BCUT2D eigenvalue weighted by Crippen LogP contribution is -2.24. The minimum atomic E-state index is -0.975. The summed E-state index contributed by atoms with van der Waals surface area (Å²) < 4.78 is 1.83. The second kappa shape index (κ2) is 4.93. The van der Waals surface area contributed by atoms with Crippen LogP contribution in [-0.4, -0.2) is 10.7 Å². The molecule has 2 aromatic carbocycles. The predicted molar refractivity (Wildman–Crippen MR) is 89.9 cm³/mol. The number of hydrogen-bond acceptors (Lipinski definition) is 3. The maximum atomic E-state index is 12.6. The second-order valence-corrected chi connectivity index (χ2v) is 7.47. The minimum absolute atomic E-state index is 0.0404. The van der Waals surface area contributed by atoms with Crippen molar-refractivity contribution in [1.82, 2.24) is 0 Å². The Bertz CT molecular complexity index is 919. The molecular weight excluding hydrogens is 304 g/mol. The highest BCUT2D eigenvalue weighted by Gasteiger charge is 2.25. The lowest BCUT2D eigenvalue weighted by atomic mass is 9.99. The zero-order valence-electron chi connectivity index (χ0n) is 11.6. The van der Waals surface area contributed by atoms with Gasteiger partial charge in [0.2, 0.25) is 0 Å². The van der Waals surface area contributed by atoms with E-state index in [0.717, 1.165) is 9.40 Å². The van der Waals surface area contributed by atoms with Crippen molar-refractivity contribution in [3.8, 4) is 0 Å². The topological polar surface area (TPSA) is 34.1 Å². The van der Waals surface area contributed by atoms with Gasteiger partial charge in [0.1, 0.15) is 4.87 Å². The maximum absolute atomic E-state index is 12.6. The number of Topliss-reactive ketones (excluding diaryl/α,β-unsaturated/α-hetero) is 1. The van der Waals surface area contributed by atoms with Gasteiger partial charge in [0.25, 0.3) is 0 Å². The third-order valence-corrected chi connectivity index (χ3v) is 4.70. The SMILES string of the molecule is CC(C)(Cl)C(=O)c1ccc2sc3ccccc3c(=O)c2c1. The lowest BCUT2D eigenvalue weighted by Gasteiger charge is -2.14. The van der Waals surface area contributed by atoms with Gasteiger partial charge in [-0.2, -0.15) is 0 Å². The van der Waals surface area contributed by atoms with E-state index in [0.29, 0.717) is 16.3 Å². The van der Waals surface area contributed by atoms with Crippen LogP contribution in [0.4, 0.5) is 0 Å². The van der Waals surface area contributed by atoms with Gasteiger partial charge in [-0.05, 0) is 44.2 Å². The van der Waals surface area contributed by atoms with Crippen LogP contribution in [0.3, 0.4) is 0 Å². The van der Waals surface area contributed by atoms with Gasteiger partial charge in [0.05, 0.1) is 0 Å². The van der Waals surface area contributed by atoms with Gasteiger partial charge in [-0.15, -0.1) is 22.9 Å². The van der Waals surface area contributed by atoms with Crippen molar-refractivity contribution >= 4 is 48.9 Å². The molecule has 0 spiro atoms. The fourth-order valence-corrected chi connectivity index (χ4v) is 3.45. The summed E-state index contributed by atoms with van der Waals surface area (Å²) in [5.74, 6) is -0.177. The molecule has 0 aliphatic heterocycles. The first-order chi connectivity index (χ1) is 9.88. The number of halogens is 1. The van der Waals surface area contributed by atoms with Crippen molar-refractivity contribution in [2.75, 3.05) is 0 Å². The largest absolute Gasteiger partial charge is 0.292 e. The van der Waals surface area contributed by atoms with E-state index in [9.17, 15) is 9.59 Å². The summed E-state index contributed by atoms with van der Waals surface area (Å²) >= 11 is 7.63. The number of carbonyl (C=O) groups is 1. The van der Waals surface area contributed by atoms with E-state index in [-0.39, 0.29) is 11.2 Å². The third kappa shape index (κ3) is 2.47. The Morgan fingerprint density at radius 2 is 1.71 bits per heavy atom. The van der Waals surface area contributed by atoms with Gasteiger partial charge in [-0.1, -0.05) is 12.1 Å². The first-order valence-corrected chi connectivity index (χ1v) is 7.77. The molecule has 0 unspecified atom stereocenters. The summed E-state index contributed by atoms with van der Waals surface area (Å²) in [5, 5.41) is 1.26. The molecule has 0 saturated carbocycles. The average molecular weight is 317 g/mol. The molecule has 106 valence electrons. The fourth-order valence-electron chi connectivity index (χ4n) is 2.29. The Hall–Kier alpha value is -1.71. The van der Waals surface area contributed by atoms with Crippen LogP contribution in [0.1, 0.15) is 24.2 Å². The van der Waals surface area contributed by atoms with Crippen LogP contribution in [0.5, 0.6) is 0 Å². The van der Waals surface area contributed by atoms with Gasteiger partial charge < -0.3 is 0 Å². The van der Waals surface area contributed by atoms with E-state index in [1.54, 1.807) is 37.3 Å². The first-order valence-electron chi connectivity index (χ1n) is 6.57. The smallest absolute Gasteiger partial charge is 0.195 e. The number of hydrogen-bond donors (Lipinski definition) is 0. The quantitative estimate of drug-likeness (QED) is 0.393. The summed E-state index contributed by atoms with van der Waals surface area (Å²) in [6.45, 7) is 3.31. The molecule has 2 nitrogen and oxygen atoms in total. The number of carbonyl (C=O) groups excluding carboxylic acids is 1. The molecule has 4 heteroatoms. The van der Waals surface area contributed by atoms with Crippen molar-refractivity contribution in [3.63, 3.8) is 0 Å². The van der Waals surface area contributed by atoms with Gasteiger partial charge in [0.15, 0.2) is 11.2 Å². The van der Waals surface area contributed by atoms with Gasteiger partial charge >= 0.3 is 0 Å². The van der Waals surface area contributed by atoms with Crippen LogP contribution in [0.2, 0.25) is 0 Å². The summed E-state index contributed by atoms with van der Waals surface area (Å²) in [6, 6.07) is 12.7. The molecule has 1 aromatic heterocycles.